The van der Waals surface area contributed by atoms with Crippen LogP contribution in [0.4, 0.5) is 5.69 Å². The van der Waals surface area contributed by atoms with Crippen molar-refractivity contribution in [3.63, 3.8) is 0 Å². The smallest absolute Gasteiger partial charge is 0.273 e. The van der Waals surface area contributed by atoms with Gasteiger partial charge in [-0.2, -0.15) is 0 Å². The number of aromatic nitrogens is 1. The molecule has 1 aliphatic rings. The Morgan fingerprint density at radius 1 is 1.17 bits per heavy atom. The number of nitrogens with zero attached hydrogens (tertiary/aromatic N) is 3. The normalized spacial score (nSPS) is 15.3. The Morgan fingerprint density at radius 3 is 2.43 bits per heavy atom. The molecule has 0 aliphatic carbocycles. The number of piperazine rings is 1. The standard InChI is InChI=1S/C17H20BrN3OS/c1-12(2)15-14(19-17(18)23-15)16(22)21-10-8-20(9-11-21)13-6-4-3-5-7-13/h3-7,12H,8-11H2,1-2H3. The van der Waals surface area contributed by atoms with Crippen molar-refractivity contribution in [3.8, 4) is 0 Å². The molecule has 4 nitrogen and oxygen atoms in total. The topological polar surface area (TPSA) is 36.4 Å². The number of hydrogen-bond donors (Lipinski definition) is 0. The van der Waals surface area contributed by atoms with E-state index in [0.29, 0.717) is 11.6 Å². The van der Waals surface area contributed by atoms with Crippen LogP contribution in [0.5, 0.6) is 0 Å². The fourth-order valence-corrected chi connectivity index (χ4v) is 4.29. The summed E-state index contributed by atoms with van der Waals surface area (Å²) in [5.74, 6) is 0.367. The first-order valence-electron chi connectivity index (χ1n) is 7.81. The largest absolute Gasteiger partial charge is 0.368 e. The summed E-state index contributed by atoms with van der Waals surface area (Å²) in [7, 11) is 0. The van der Waals surface area contributed by atoms with E-state index in [0.717, 1.165) is 35.0 Å². The maximum atomic E-state index is 12.8. The second kappa shape index (κ2) is 7.01. The molecule has 1 aromatic carbocycles. The molecule has 1 fully saturated rings. The molecule has 1 aliphatic heterocycles. The minimum Gasteiger partial charge on any atom is -0.368 e. The number of benzene rings is 1. The number of carbonyl (C=O) groups excluding carboxylic acids is 1. The number of rotatable bonds is 3. The molecule has 0 unspecified atom stereocenters. The Balaban J connectivity index is 1.69. The van der Waals surface area contributed by atoms with E-state index in [1.807, 2.05) is 11.0 Å². The molecule has 1 amide bonds. The van der Waals surface area contributed by atoms with Gasteiger partial charge >= 0.3 is 0 Å². The zero-order valence-corrected chi connectivity index (χ0v) is 15.7. The van der Waals surface area contributed by atoms with Crippen LogP contribution in [0, 0.1) is 0 Å². The molecule has 6 heteroatoms. The van der Waals surface area contributed by atoms with Gasteiger partial charge in [-0.15, -0.1) is 11.3 Å². The van der Waals surface area contributed by atoms with Crippen LogP contribution in [0.25, 0.3) is 0 Å². The summed E-state index contributed by atoms with van der Waals surface area (Å²) >= 11 is 4.97. The lowest BCUT2D eigenvalue weighted by atomic mass is 10.1. The van der Waals surface area contributed by atoms with Crippen molar-refractivity contribution in [2.45, 2.75) is 19.8 Å². The SMILES string of the molecule is CC(C)c1sc(Br)nc1C(=O)N1CCN(c2ccccc2)CC1. The Morgan fingerprint density at radius 2 is 1.83 bits per heavy atom. The van der Waals surface area contributed by atoms with Gasteiger partial charge in [0.2, 0.25) is 0 Å². The van der Waals surface area contributed by atoms with Gasteiger partial charge in [0.1, 0.15) is 5.69 Å². The highest BCUT2D eigenvalue weighted by Crippen LogP contribution is 2.30. The minimum atomic E-state index is 0.0587. The fourth-order valence-electron chi connectivity index (χ4n) is 2.81. The van der Waals surface area contributed by atoms with Crippen LogP contribution in [0.1, 0.15) is 35.1 Å². The van der Waals surface area contributed by atoms with Gasteiger partial charge in [-0.25, -0.2) is 4.98 Å². The van der Waals surface area contributed by atoms with Gasteiger partial charge in [0.25, 0.3) is 5.91 Å². The van der Waals surface area contributed by atoms with Crippen molar-refractivity contribution in [3.05, 3.63) is 44.8 Å². The molecule has 1 saturated heterocycles. The van der Waals surface area contributed by atoms with Crippen molar-refractivity contribution in [2.24, 2.45) is 0 Å². The average Bonchev–Trinajstić information content (AvgIpc) is 2.97. The van der Waals surface area contributed by atoms with Crippen molar-refractivity contribution in [1.82, 2.24) is 9.88 Å². The molecule has 0 atom stereocenters. The molecule has 23 heavy (non-hydrogen) atoms. The second-order valence-electron chi connectivity index (χ2n) is 5.95. The first kappa shape index (κ1) is 16.5. The van der Waals surface area contributed by atoms with Crippen LogP contribution in [0.2, 0.25) is 0 Å². The molecule has 0 spiro atoms. The fraction of sp³-hybridized carbons (Fsp3) is 0.412. The highest BCUT2D eigenvalue weighted by molar-refractivity contribution is 9.11. The zero-order chi connectivity index (χ0) is 16.4. The molecule has 3 rings (SSSR count). The zero-order valence-electron chi connectivity index (χ0n) is 13.3. The van der Waals surface area contributed by atoms with Crippen LogP contribution >= 0.6 is 27.3 Å². The highest BCUT2D eigenvalue weighted by atomic mass is 79.9. The van der Waals surface area contributed by atoms with E-state index in [1.54, 1.807) is 11.3 Å². The third-order valence-electron chi connectivity index (χ3n) is 4.04. The summed E-state index contributed by atoms with van der Waals surface area (Å²) in [6, 6.07) is 10.4. The first-order chi connectivity index (χ1) is 11.1. The summed E-state index contributed by atoms with van der Waals surface area (Å²) in [6.45, 7) is 7.39. The van der Waals surface area contributed by atoms with Gasteiger partial charge < -0.3 is 9.80 Å². The number of thiazole rings is 1. The van der Waals surface area contributed by atoms with E-state index in [4.69, 9.17) is 0 Å². The highest BCUT2D eigenvalue weighted by Gasteiger charge is 2.27. The molecular weight excluding hydrogens is 374 g/mol. The number of halogens is 1. The summed E-state index contributed by atoms with van der Waals surface area (Å²) in [4.78, 5) is 22.5. The van der Waals surface area contributed by atoms with Gasteiger partial charge in [0.15, 0.2) is 3.92 Å². The van der Waals surface area contributed by atoms with Gasteiger partial charge in [-0.1, -0.05) is 32.0 Å². The quantitative estimate of drug-likeness (QED) is 0.790. The van der Waals surface area contributed by atoms with Gasteiger partial charge in [0, 0.05) is 36.7 Å². The third kappa shape index (κ3) is 3.58. The van der Waals surface area contributed by atoms with Crippen LogP contribution in [0.15, 0.2) is 34.2 Å². The molecule has 0 N–H and O–H groups in total. The van der Waals surface area contributed by atoms with E-state index in [1.165, 1.54) is 5.69 Å². The number of amides is 1. The van der Waals surface area contributed by atoms with Crippen molar-refractivity contribution in [2.75, 3.05) is 31.1 Å². The number of hydrogen-bond acceptors (Lipinski definition) is 4. The predicted molar refractivity (Wildman–Crippen MR) is 98.5 cm³/mol. The van der Waals surface area contributed by atoms with Crippen molar-refractivity contribution < 1.29 is 4.79 Å². The maximum absolute atomic E-state index is 12.8. The first-order valence-corrected chi connectivity index (χ1v) is 9.42. The third-order valence-corrected chi connectivity index (χ3v) is 5.85. The van der Waals surface area contributed by atoms with Gasteiger partial charge in [-0.3, -0.25) is 4.79 Å². The Hall–Kier alpha value is -1.40. The van der Waals surface area contributed by atoms with E-state index in [2.05, 4.69) is 63.9 Å². The summed E-state index contributed by atoms with van der Waals surface area (Å²) in [5, 5.41) is 0. The number of anilines is 1. The van der Waals surface area contributed by atoms with Crippen LogP contribution in [0.3, 0.4) is 0 Å². The molecule has 0 radical (unpaired) electrons. The average molecular weight is 394 g/mol. The summed E-state index contributed by atoms with van der Waals surface area (Å²) in [6.07, 6.45) is 0. The predicted octanol–water partition coefficient (Wildman–Crippen LogP) is 3.99. The van der Waals surface area contributed by atoms with Crippen LogP contribution in [-0.2, 0) is 0 Å². The lowest BCUT2D eigenvalue weighted by Gasteiger charge is -2.36. The maximum Gasteiger partial charge on any atom is 0.273 e. The summed E-state index contributed by atoms with van der Waals surface area (Å²) in [5.41, 5.74) is 1.84. The monoisotopic (exact) mass is 393 g/mol. The molecule has 0 saturated carbocycles. The van der Waals surface area contributed by atoms with Gasteiger partial charge in [-0.05, 0) is 34.0 Å². The van der Waals surface area contributed by atoms with E-state index in [9.17, 15) is 4.79 Å². The van der Waals surface area contributed by atoms with Crippen molar-refractivity contribution >= 4 is 38.9 Å². The number of para-hydroxylation sites is 1. The molecule has 1 aromatic heterocycles. The Bertz CT molecular complexity index is 678. The van der Waals surface area contributed by atoms with Gasteiger partial charge in [0.05, 0.1) is 0 Å². The van der Waals surface area contributed by atoms with E-state index < -0.39 is 0 Å². The van der Waals surface area contributed by atoms with Crippen LogP contribution < -0.4 is 4.90 Å². The van der Waals surface area contributed by atoms with Crippen LogP contribution in [-0.4, -0.2) is 42.0 Å². The van der Waals surface area contributed by atoms with E-state index in [-0.39, 0.29) is 5.91 Å². The molecule has 122 valence electrons. The summed E-state index contributed by atoms with van der Waals surface area (Å²) < 4.78 is 0.785. The Labute approximate surface area is 149 Å². The minimum absolute atomic E-state index is 0.0587. The van der Waals surface area contributed by atoms with E-state index >= 15 is 0 Å². The second-order valence-corrected chi connectivity index (χ2v) is 8.26. The molecule has 0 bridgehead atoms. The lowest BCUT2D eigenvalue weighted by Crippen LogP contribution is -2.49. The Kier molecular flexibility index (Phi) is 5.02. The lowest BCUT2D eigenvalue weighted by molar-refractivity contribution is 0.0740. The molecule has 2 heterocycles. The van der Waals surface area contributed by atoms with Crippen molar-refractivity contribution in [1.29, 1.82) is 0 Å². The number of carbonyl (C=O) groups is 1. The molecule has 2 aromatic rings. The molecular formula is C17H20BrN3OS.